The van der Waals surface area contributed by atoms with Gasteiger partial charge in [-0.2, -0.15) is 9.97 Å². The highest BCUT2D eigenvalue weighted by Gasteiger charge is 2.12. The van der Waals surface area contributed by atoms with Gasteiger partial charge < -0.3 is 14.8 Å². The van der Waals surface area contributed by atoms with E-state index >= 15 is 0 Å². The van der Waals surface area contributed by atoms with Crippen LogP contribution in [0.25, 0.3) is 0 Å². The van der Waals surface area contributed by atoms with Crippen molar-refractivity contribution in [3.05, 3.63) is 29.0 Å². The monoisotopic (exact) mass is 298 g/mol. The minimum absolute atomic E-state index is 0.0459. The number of nitrogens with zero attached hydrogens (tertiary/aromatic N) is 3. The van der Waals surface area contributed by atoms with Gasteiger partial charge in [-0.05, 0) is 19.1 Å². The summed E-state index contributed by atoms with van der Waals surface area (Å²) in [6.07, 6.45) is 0. The van der Waals surface area contributed by atoms with Gasteiger partial charge in [0.1, 0.15) is 0 Å². The molecule has 0 saturated heterocycles. The number of anilines is 1. The van der Waals surface area contributed by atoms with Crippen LogP contribution in [0.3, 0.4) is 0 Å². The maximum absolute atomic E-state index is 13.7. The van der Waals surface area contributed by atoms with Gasteiger partial charge in [0, 0.05) is 6.54 Å². The molecule has 1 N–H and O–H groups in total. The van der Waals surface area contributed by atoms with Crippen LogP contribution in [0, 0.1) is 5.82 Å². The molecule has 6 nitrogen and oxygen atoms in total. The molecule has 2 rings (SSSR count). The second-order valence-electron chi connectivity index (χ2n) is 3.61. The zero-order valence-electron chi connectivity index (χ0n) is 10.9. The summed E-state index contributed by atoms with van der Waals surface area (Å²) in [6, 6.07) is 4.37. The highest BCUT2D eigenvalue weighted by Crippen LogP contribution is 2.27. The molecule has 20 heavy (non-hydrogen) atoms. The normalized spacial score (nSPS) is 10.2. The van der Waals surface area contributed by atoms with Crippen molar-refractivity contribution in [2.45, 2.75) is 6.92 Å². The summed E-state index contributed by atoms with van der Waals surface area (Å²) in [5.74, 6) is -0.483. The number of methoxy groups -OCH3 is 1. The van der Waals surface area contributed by atoms with E-state index in [9.17, 15) is 4.39 Å². The summed E-state index contributed by atoms with van der Waals surface area (Å²) in [5, 5.41) is 2.85. The Bertz CT molecular complexity index is 612. The van der Waals surface area contributed by atoms with Crippen LogP contribution in [0.2, 0.25) is 5.02 Å². The fourth-order valence-electron chi connectivity index (χ4n) is 1.37. The van der Waals surface area contributed by atoms with Crippen LogP contribution in [0.1, 0.15) is 6.92 Å². The van der Waals surface area contributed by atoms with Crippen LogP contribution < -0.4 is 14.8 Å². The molecule has 1 aromatic carbocycles. The zero-order valence-corrected chi connectivity index (χ0v) is 11.6. The Morgan fingerprint density at radius 3 is 2.70 bits per heavy atom. The van der Waals surface area contributed by atoms with Gasteiger partial charge in [-0.1, -0.05) is 17.7 Å². The van der Waals surface area contributed by atoms with Crippen molar-refractivity contribution in [3.63, 3.8) is 0 Å². The maximum atomic E-state index is 13.7. The predicted octanol–water partition coefficient (Wildman–Crippen LogP) is 2.90. The van der Waals surface area contributed by atoms with Crippen molar-refractivity contribution in [2.24, 2.45) is 0 Å². The lowest BCUT2D eigenvalue weighted by Gasteiger charge is -2.08. The Morgan fingerprint density at radius 2 is 2.00 bits per heavy atom. The SMILES string of the molecule is CCNc1nc(OC)nc(Oc2cccc(Cl)c2F)n1. The van der Waals surface area contributed by atoms with E-state index in [2.05, 4.69) is 20.3 Å². The number of hydrogen-bond acceptors (Lipinski definition) is 6. The van der Waals surface area contributed by atoms with E-state index in [-0.39, 0.29) is 28.7 Å². The van der Waals surface area contributed by atoms with Crippen molar-refractivity contribution < 1.29 is 13.9 Å². The number of nitrogens with one attached hydrogen (secondary N) is 1. The van der Waals surface area contributed by atoms with Crippen LogP contribution in [-0.2, 0) is 0 Å². The molecule has 8 heteroatoms. The lowest BCUT2D eigenvalue weighted by Crippen LogP contribution is -2.06. The quantitative estimate of drug-likeness (QED) is 0.915. The van der Waals surface area contributed by atoms with Gasteiger partial charge in [-0.3, -0.25) is 0 Å². The molecule has 0 aliphatic heterocycles. The molecule has 1 aromatic heterocycles. The number of hydrogen-bond donors (Lipinski definition) is 1. The van der Waals surface area contributed by atoms with Crippen LogP contribution in [0.5, 0.6) is 17.8 Å². The van der Waals surface area contributed by atoms with E-state index in [1.165, 1.54) is 19.2 Å². The molecule has 0 aliphatic rings. The van der Waals surface area contributed by atoms with Gasteiger partial charge in [-0.15, -0.1) is 4.98 Å². The van der Waals surface area contributed by atoms with Crippen LogP contribution in [0.4, 0.5) is 10.3 Å². The molecular formula is C12H12ClFN4O2. The smallest absolute Gasteiger partial charge is 0.330 e. The topological polar surface area (TPSA) is 69.2 Å². The standard InChI is InChI=1S/C12H12ClFN4O2/c1-3-15-10-16-11(19-2)18-12(17-10)20-8-6-4-5-7(13)9(8)14/h4-6H,3H2,1-2H3,(H,15,16,17,18). The average molecular weight is 299 g/mol. The summed E-state index contributed by atoms with van der Waals surface area (Å²) < 4.78 is 24.0. The van der Waals surface area contributed by atoms with Gasteiger partial charge in [0.15, 0.2) is 11.6 Å². The Hall–Kier alpha value is -2.15. The molecular weight excluding hydrogens is 287 g/mol. The molecule has 0 atom stereocenters. The van der Waals surface area contributed by atoms with E-state index in [0.717, 1.165) is 0 Å². The Morgan fingerprint density at radius 1 is 1.25 bits per heavy atom. The lowest BCUT2D eigenvalue weighted by molar-refractivity contribution is 0.355. The lowest BCUT2D eigenvalue weighted by atomic mass is 10.3. The first kappa shape index (κ1) is 14.3. The van der Waals surface area contributed by atoms with Gasteiger partial charge in [0.05, 0.1) is 12.1 Å². The number of ether oxygens (including phenoxy) is 2. The summed E-state index contributed by atoms with van der Waals surface area (Å²) in [5.41, 5.74) is 0. The second-order valence-corrected chi connectivity index (χ2v) is 4.02. The van der Waals surface area contributed by atoms with Gasteiger partial charge in [0.2, 0.25) is 5.95 Å². The molecule has 0 bridgehead atoms. The third-order valence-corrected chi connectivity index (χ3v) is 2.52. The number of aromatic nitrogens is 3. The molecule has 0 aliphatic carbocycles. The van der Waals surface area contributed by atoms with Crippen LogP contribution >= 0.6 is 11.6 Å². The largest absolute Gasteiger partial charge is 0.467 e. The Labute approximate surface area is 119 Å². The minimum atomic E-state index is -0.682. The van der Waals surface area contributed by atoms with Crippen molar-refractivity contribution in [3.8, 4) is 17.8 Å². The minimum Gasteiger partial charge on any atom is -0.467 e. The van der Waals surface area contributed by atoms with E-state index in [0.29, 0.717) is 6.54 Å². The zero-order chi connectivity index (χ0) is 14.5. The molecule has 0 fully saturated rings. The first-order chi connectivity index (χ1) is 9.63. The highest BCUT2D eigenvalue weighted by molar-refractivity contribution is 6.30. The first-order valence-corrected chi connectivity index (χ1v) is 6.17. The third kappa shape index (κ3) is 3.24. The van der Waals surface area contributed by atoms with E-state index in [1.807, 2.05) is 6.92 Å². The van der Waals surface area contributed by atoms with E-state index < -0.39 is 5.82 Å². The van der Waals surface area contributed by atoms with Crippen molar-refractivity contribution in [1.29, 1.82) is 0 Å². The van der Waals surface area contributed by atoms with Crippen molar-refractivity contribution >= 4 is 17.5 Å². The van der Waals surface area contributed by atoms with Gasteiger partial charge >= 0.3 is 12.0 Å². The first-order valence-electron chi connectivity index (χ1n) is 5.79. The summed E-state index contributed by atoms with van der Waals surface area (Å²) in [6.45, 7) is 2.49. The second kappa shape index (κ2) is 6.33. The van der Waals surface area contributed by atoms with Gasteiger partial charge in [-0.25, -0.2) is 4.39 Å². The summed E-state index contributed by atoms with van der Waals surface area (Å²) in [4.78, 5) is 11.8. The molecule has 1 heterocycles. The van der Waals surface area contributed by atoms with Gasteiger partial charge in [0.25, 0.3) is 0 Å². The molecule has 0 spiro atoms. The predicted molar refractivity (Wildman–Crippen MR) is 72.0 cm³/mol. The van der Waals surface area contributed by atoms with Crippen LogP contribution in [-0.4, -0.2) is 28.6 Å². The van der Waals surface area contributed by atoms with E-state index in [1.54, 1.807) is 6.07 Å². The summed E-state index contributed by atoms with van der Waals surface area (Å²) >= 11 is 5.67. The average Bonchev–Trinajstić information content (AvgIpc) is 2.44. The number of rotatable bonds is 5. The molecule has 0 radical (unpaired) electrons. The Balaban J connectivity index is 2.32. The fourth-order valence-corrected chi connectivity index (χ4v) is 1.54. The van der Waals surface area contributed by atoms with Crippen molar-refractivity contribution in [1.82, 2.24) is 15.0 Å². The summed E-state index contributed by atoms with van der Waals surface area (Å²) in [7, 11) is 1.41. The molecule has 2 aromatic rings. The number of halogens is 2. The fraction of sp³-hybridized carbons (Fsp3) is 0.250. The third-order valence-electron chi connectivity index (χ3n) is 2.23. The van der Waals surface area contributed by atoms with Crippen molar-refractivity contribution in [2.75, 3.05) is 19.0 Å². The Kier molecular flexibility index (Phi) is 4.52. The molecule has 106 valence electrons. The van der Waals surface area contributed by atoms with E-state index in [4.69, 9.17) is 21.1 Å². The molecule has 0 unspecified atom stereocenters. The molecule has 0 amide bonds. The highest BCUT2D eigenvalue weighted by atomic mass is 35.5. The molecule has 0 saturated carbocycles. The number of benzene rings is 1. The maximum Gasteiger partial charge on any atom is 0.330 e. The van der Waals surface area contributed by atoms with Crippen LogP contribution in [0.15, 0.2) is 18.2 Å².